The maximum atomic E-state index is 13.6. The fourth-order valence-corrected chi connectivity index (χ4v) is 6.54. The van der Waals surface area contributed by atoms with Gasteiger partial charge in [-0.05, 0) is 11.8 Å². The Bertz CT molecular complexity index is 529. The zero-order chi connectivity index (χ0) is 17.2. The molecule has 1 rings (SSSR count). The second kappa shape index (κ2) is 7.52. The Balaban J connectivity index is 2.59. The summed E-state index contributed by atoms with van der Waals surface area (Å²) in [4.78, 5) is 8.11. The molecule has 14 heteroatoms. The monoisotopic (exact) mass is 384 g/mol. The molecule has 0 saturated heterocycles. The van der Waals surface area contributed by atoms with Crippen LogP contribution in [0.2, 0.25) is 5.82 Å². The van der Waals surface area contributed by atoms with Crippen molar-refractivity contribution in [2.45, 2.75) is 18.7 Å². The fraction of sp³-hybridized carbons (Fsp3) is 1.00. The predicted molar refractivity (Wildman–Crippen MR) is 73.1 cm³/mol. The molecule has 1 aliphatic rings. The number of halogens is 3. The highest BCUT2D eigenvalue weighted by atomic mass is 31.3. The van der Waals surface area contributed by atoms with E-state index in [2.05, 4.69) is 8.83 Å². The third-order valence-corrected chi connectivity index (χ3v) is 8.17. The first-order chi connectivity index (χ1) is 9.84. The fourth-order valence-electron chi connectivity index (χ4n) is 2.31. The van der Waals surface area contributed by atoms with E-state index in [1.807, 2.05) is 0 Å². The average Bonchev–Trinajstić information content (AvgIpc) is 2.62. The van der Waals surface area contributed by atoms with Crippen molar-refractivity contribution < 1.29 is 45.1 Å². The Morgan fingerprint density at radius 1 is 1.09 bits per heavy atom. The van der Waals surface area contributed by atoms with Gasteiger partial charge in [-0.1, -0.05) is 18.7 Å². The Morgan fingerprint density at radius 2 is 1.64 bits per heavy atom. The summed E-state index contributed by atoms with van der Waals surface area (Å²) in [6.45, 7) is -0.738. The highest BCUT2D eigenvalue weighted by Gasteiger charge is 2.43. The number of aliphatic hydroxyl groups is 1. The van der Waals surface area contributed by atoms with E-state index < -0.39 is 41.7 Å². The van der Waals surface area contributed by atoms with Gasteiger partial charge in [0.2, 0.25) is 0 Å². The zero-order valence-corrected chi connectivity index (χ0v) is 13.9. The van der Waals surface area contributed by atoms with Gasteiger partial charge >= 0.3 is 23.3 Å². The van der Waals surface area contributed by atoms with E-state index >= 15 is 0 Å². The van der Waals surface area contributed by atoms with Crippen molar-refractivity contribution in [3.8, 4) is 0 Å². The largest absolute Gasteiger partial charge is 0.517 e. The third kappa shape index (κ3) is 7.30. The standard InChI is InChI=1S/C8H15BF3O7P3/c9-8-1-6(3-13)7(2-8)4-18-20(10,14)5-21(11,15)19-22(12,16)17/h6-8,13H,1-5H2,(H,16,17)/t6-,7+,8-,20?,21?/m0/s1. The smallest absolute Gasteiger partial charge is 0.396 e. The van der Waals surface area contributed by atoms with E-state index in [9.17, 15) is 26.3 Å². The third-order valence-electron chi connectivity index (χ3n) is 3.15. The van der Waals surface area contributed by atoms with E-state index in [-0.39, 0.29) is 18.3 Å². The van der Waals surface area contributed by atoms with Crippen LogP contribution in [-0.2, 0) is 22.5 Å². The molecule has 2 N–H and O–H groups in total. The summed E-state index contributed by atoms with van der Waals surface area (Å²) < 4.78 is 79.0. The minimum Gasteiger partial charge on any atom is -0.396 e. The molecule has 6 atom stereocenters. The molecule has 7 nitrogen and oxygen atoms in total. The van der Waals surface area contributed by atoms with Gasteiger partial charge in [-0.25, -0.2) is 8.88 Å². The summed E-state index contributed by atoms with van der Waals surface area (Å²) >= 11 is 0. The van der Waals surface area contributed by atoms with Crippen LogP contribution in [-0.4, -0.2) is 37.0 Å². The average molecular weight is 384 g/mol. The van der Waals surface area contributed by atoms with Gasteiger partial charge in [-0.15, -0.1) is 4.20 Å². The van der Waals surface area contributed by atoms with Crippen molar-refractivity contribution in [1.29, 1.82) is 0 Å². The lowest BCUT2D eigenvalue weighted by atomic mass is 9.85. The van der Waals surface area contributed by atoms with Gasteiger partial charge in [0.15, 0.2) is 5.90 Å². The summed E-state index contributed by atoms with van der Waals surface area (Å²) in [6, 6.07) is 0. The van der Waals surface area contributed by atoms with Gasteiger partial charge < -0.3 is 9.63 Å². The Morgan fingerprint density at radius 3 is 2.14 bits per heavy atom. The first kappa shape index (κ1) is 20.4. The molecule has 0 aliphatic heterocycles. The summed E-state index contributed by atoms with van der Waals surface area (Å²) in [5.74, 6) is -2.98. The van der Waals surface area contributed by atoms with Gasteiger partial charge in [-0.3, -0.25) is 14.0 Å². The van der Waals surface area contributed by atoms with Crippen LogP contribution >= 0.6 is 23.3 Å². The molecule has 0 spiro atoms. The van der Waals surface area contributed by atoms with Gasteiger partial charge in [0, 0.05) is 6.61 Å². The van der Waals surface area contributed by atoms with E-state index in [0.29, 0.717) is 12.8 Å². The number of aliphatic hydroxyl groups excluding tert-OH is 1. The topological polar surface area (TPSA) is 110 Å². The molecule has 3 unspecified atom stereocenters. The van der Waals surface area contributed by atoms with Crippen molar-refractivity contribution in [3.63, 3.8) is 0 Å². The second-order valence-corrected chi connectivity index (χ2v) is 10.4. The first-order valence-electron chi connectivity index (χ1n) is 6.16. The van der Waals surface area contributed by atoms with Gasteiger partial charge in [0.1, 0.15) is 0 Å². The number of rotatable bonds is 8. The minimum atomic E-state index is -5.97. The highest BCUT2D eigenvalue weighted by Crippen LogP contribution is 2.71. The van der Waals surface area contributed by atoms with Crippen molar-refractivity contribution in [2.75, 3.05) is 19.1 Å². The molecule has 2 radical (unpaired) electrons. The van der Waals surface area contributed by atoms with E-state index in [0.717, 1.165) is 0 Å². The second-order valence-electron chi connectivity index (χ2n) is 5.09. The van der Waals surface area contributed by atoms with Crippen LogP contribution < -0.4 is 0 Å². The lowest BCUT2D eigenvalue weighted by molar-refractivity contribution is 0.148. The zero-order valence-electron chi connectivity index (χ0n) is 11.3. The molecule has 128 valence electrons. The maximum Gasteiger partial charge on any atom is 0.517 e. The SMILES string of the molecule is [B][C@H]1C[C@@H](CO)[C@@H](COP(=O)(F)CP(=O)(F)OP(=O)(O)F)C1. The summed E-state index contributed by atoms with van der Waals surface area (Å²) in [7, 11) is -11.4. The van der Waals surface area contributed by atoms with Gasteiger partial charge in [0.05, 0.1) is 14.5 Å². The summed E-state index contributed by atoms with van der Waals surface area (Å²) in [5.41, 5.74) is 0. The van der Waals surface area contributed by atoms with E-state index in [4.69, 9.17) is 17.8 Å². The Labute approximate surface area is 126 Å². The quantitative estimate of drug-likeness (QED) is 0.488. The van der Waals surface area contributed by atoms with Crippen LogP contribution in [0.1, 0.15) is 12.8 Å². The van der Waals surface area contributed by atoms with Gasteiger partial charge in [-0.2, -0.15) is 8.39 Å². The van der Waals surface area contributed by atoms with Crippen molar-refractivity contribution in [1.82, 2.24) is 0 Å². The molecule has 0 heterocycles. The lowest BCUT2D eigenvalue weighted by Gasteiger charge is -2.19. The summed E-state index contributed by atoms with van der Waals surface area (Å²) in [6.07, 6.45) is 0.798. The number of hydrogen-bond acceptors (Lipinski definition) is 6. The van der Waals surface area contributed by atoms with Crippen LogP contribution in [0.4, 0.5) is 12.6 Å². The molecule has 0 aromatic rings. The molecular weight excluding hydrogens is 369 g/mol. The molecule has 0 aromatic carbocycles. The maximum absolute atomic E-state index is 13.6. The van der Waals surface area contributed by atoms with Crippen LogP contribution in [0.3, 0.4) is 0 Å². The molecule has 0 amide bonds. The van der Waals surface area contributed by atoms with Crippen molar-refractivity contribution in [2.24, 2.45) is 11.8 Å². The van der Waals surface area contributed by atoms with Crippen LogP contribution in [0.15, 0.2) is 0 Å². The van der Waals surface area contributed by atoms with Crippen LogP contribution in [0.5, 0.6) is 0 Å². The normalized spacial score (nSPS) is 33.8. The Kier molecular flexibility index (Phi) is 6.98. The molecule has 0 bridgehead atoms. The van der Waals surface area contributed by atoms with Crippen molar-refractivity contribution in [3.05, 3.63) is 0 Å². The molecule has 1 aliphatic carbocycles. The first-order valence-corrected chi connectivity index (χ1v) is 11.0. The lowest BCUT2D eigenvalue weighted by Crippen LogP contribution is -2.17. The molecule has 1 saturated carbocycles. The molecule has 0 aromatic heterocycles. The predicted octanol–water partition coefficient (Wildman–Crippen LogP) is 3.35. The number of hydrogen-bond donors (Lipinski definition) is 2. The highest BCUT2D eigenvalue weighted by molar-refractivity contribution is 7.74. The molecule has 22 heavy (non-hydrogen) atoms. The van der Waals surface area contributed by atoms with Crippen LogP contribution in [0, 0.1) is 11.8 Å². The van der Waals surface area contributed by atoms with E-state index in [1.54, 1.807) is 0 Å². The van der Waals surface area contributed by atoms with Crippen molar-refractivity contribution >= 4 is 31.1 Å². The van der Waals surface area contributed by atoms with Crippen LogP contribution in [0.25, 0.3) is 0 Å². The summed E-state index contributed by atoms with van der Waals surface area (Å²) in [5, 5.41) is 9.10. The Hall–Kier alpha value is 0.385. The minimum absolute atomic E-state index is 0.251. The molecule has 1 fully saturated rings. The van der Waals surface area contributed by atoms with Gasteiger partial charge in [0.25, 0.3) is 0 Å². The molecular formula is C8H15BF3O7P3. The van der Waals surface area contributed by atoms with E-state index in [1.165, 1.54) is 0 Å².